The van der Waals surface area contributed by atoms with Crippen molar-refractivity contribution >= 4 is 17.3 Å². The fraction of sp³-hybridized carbons (Fsp3) is 0.192. The normalized spacial score (nSPS) is 24.9. The number of ketones is 2. The Bertz CT molecular complexity index is 1230. The van der Waals surface area contributed by atoms with Crippen LogP contribution in [0.4, 0.5) is 0 Å². The van der Waals surface area contributed by atoms with Crippen molar-refractivity contribution in [1.29, 1.82) is 0 Å². The average Bonchev–Trinajstić information content (AvgIpc) is 3.41. The predicted octanol–water partition coefficient (Wildman–Crippen LogP) is 5.08. The number of aliphatic imine (C=N–C) groups is 1. The Morgan fingerprint density at radius 1 is 0.800 bits per heavy atom. The minimum absolute atomic E-state index is 0.0177. The third-order valence-corrected chi connectivity index (χ3v) is 6.53. The van der Waals surface area contributed by atoms with Gasteiger partial charge in [-0.05, 0) is 17.7 Å². The molecule has 4 heteroatoms. The number of nitrogens with zero attached hydrogens (tertiary/aromatic N) is 1. The van der Waals surface area contributed by atoms with Crippen LogP contribution in [0.15, 0.2) is 93.7 Å². The van der Waals surface area contributed by atoms with Crippen LogP contribution in [-0.4, -0.2) is 17.3 Å². The zero-order chi connectivity index (χ0) is 20.2. The highest BCUT2D eigenvalue weighted by molar-refractivity contribution is 6.30. The molecule has 0 saturated carbocycles. The first-order chi connectivity index (χ1) is 14.7. The van der Waals surface area contributed by atoms with E-state index in [0.717, 1.165) is 28.3 Å². The molecule has 0 saturated heterocycles. The van der Waals surface area contributed by atoms with E-state index < -0.39 is 5.92 Å². The second-order valence-corrected chi connectivity index (χ2v) is 8.18. The van der Waals surface area contributed by atoms with Gasteiger partial charge in [0.15, 0.2) is 11.6 Å². The molecule has 3 atom stereocenters. The van der Waals surface area contributed by atoms with E-state index >= 15 is 0 Å². The Labute approximate surface area is 174 Å². The second-order valence-electron chi connectivity index (χ2n) is 8.18. The Balaban J connectivity index is 1.55. The van der Waals surface area contributed by atoms with Crippen molar-refractivity contribution in [3.05, 3.63) is 107 Å². The molecule has 3 aliphatic rings. The van der Waals surface area contributed by atoms with Gasteiger partial charge in [0.25, 0.3) is 0 Å². The molecule has 0 radical (unpaired) electrons. The van der Waals surface area contributed by atoms with Gasteiger partial charge in [-0.1, -0.05) is 54.6 Å². The lowest BCUT2D eigenvalue weighted by molar-refractivity contribution is -0.116. The van der Waals surface area contributed by atoms with Crippen LogP contribution in [0.25, 0.3) is 0 Å². The summed E-state index contributed by atoms with van der Waals surface area (Å²) in [4.78, 5) is 31.8. The molecule has 3 aromatic rings. The maximum Gasteiger partial charge on any atom is 0.173 e. The number of Topliss-reactive ketones (excluding diaryl/α,β-unsaturated/α-hetero) is 2. The summed E-state index contributed by atoms with van der Waals surface area (Å²) in [5.41, 5.74) is 4.91. The fourth-order valence-electron chi connectivity index (χ4n) is 5.24. The minimum Gasteiger partial charge on any atom is -0.469 e. The number of hydrogen-bond donors (Lipinski definition) is 0. The third kappa shape index (κ3) is 2.43. The molecule has 0 spiro atoms. The highest BCUT2D eigenvalue weighted by atomic mass is 16.3. The topological polar surface area (TPSA) is 59.6 Å². The molecule has 2 heterocycles. The van der Waals surface area contributed by atoms with Crippen LogP contribution in [0.2, 0.25) is 0 Å². The molecule has 1 aliphatic heterocycles. The largest absolute Gasteiger partial charge is 0.469 e. The average molecular weight is 393 g/mol. The van der Waals surface area contributed by atoms with E-state index in [9.17, 15) is 9.59 Å². The lowest BCUT2D eigenvalue weighted by atomic mass is 9.69. The van der Waals surface area contributed by atoms with Crippen molar-refractivity contribution in [3.8, 4) is 0 Å². The van der Waals surface area contributed by atoms with E-state index in [-0.39, 0.29) is 23.4 Å². The first-order valence-corrected chi connectivity index (χ1v) is 10.3. The SMILES string of the molecule is O=C1C[C@H](c2ccco2)CC2=C1[C@@H](c1ccccc1)[C@H]1C(=O)c3ccccc3C1=N2. The molecule has 1 aromatic heterocycles. The number of furan rings is 1. The summed E-state index contributed by atoms with van der Waals surface area (Å²) in [6, 6.07) is 21.4. The van der Waals surface area contributed by atoms with Gasteiger partial charge in [0.05, 0.1) is 17.9 Å². The zero-order valence-corrected chi connectivity index (χ0v) is 16.2. The molecule has 0 N–H and O–H groups in total. The first kappa shape index (κ1) is 17.3. The van der Waals surface area contributed by atoms with Gasteiger partial charge in [-0.25, -0.2) is 0 Å². The lowest BCUT2D eigenvalue weighted by Crippen LogP contribution is -2.34. The van der Waals surface area contributed by atoms with Crippen LogP contribution >= 0.6 is 0 Å². The summed E-state index contributed by atoms with van der Waals surface area (Å²) in [6.07, 6.45) is 2.67. The van der Waals surface area contributed by atoms with Crippen LogP contribution in [0.3, 0.4) is 0 Å². The maximum absolute atomic E-state index is 13.4. The summed E-state index contributed by atoms with van der Waals surface area (Å²) in [5.74, 6) is 0.197. The van der Waals surface area contributed by atoms with Gasteiger partial charge >= 0.3 is 0 Å². The van der Waals surface area contributed by atoms with Gasteiger partial charge < -0.3 is 4.42 Å². The van der Waals surface area contributed by atoms with Crippen molar-refractivity contribution in [3.63, 3.8) is 0 Å². The highest BCUT2D eigenvalue weighted by Crippen LogP contribution is 2.50. The lowest BCUT2D eigenvalue weighted by Gasteiger charge is -2.35. The van der Waals surface area contributed by atoms with E-state index in [0.29, 0.717) is 24.0 Å². The number of carbonyl (C=O) groups excluding carboxylic acids is 2. The molecule has 146 valence electrons. The standard InChI is InChI=1S/C26H19NO3/c28-20-14-16(21-11-6-12-30-21)13-19-23(20)22(15-7-2-1-3-8-15)24-25(27-19)17-9-4-5-10-18(17)26(24)29/h1-12,16,22,24H,13-14H2/t16-,22-,24-/m1/s1. The van der Waals surface area contributed by atoms with E-state index in [2.05, 4.69) is 0 Å². The smallest absolute Gasteiger partial charge is 0.173 e. The summed E-state index contributed by atoms with van der Waals surface area (Å²) in [6.45, 7) is 0. The van der Waals surface area contributed by atoms with Gasteiger partial charge in [-0.2, -0.15) is 0 Å². The number of allylic oxidation sites excluding steroid dienone is 2. The second kappa shape index (κ2) is 6.49. The predicted molar refractivity (Wildman–Crippen MR) is 113 cm³/mol. The van der Waals surface area contributed by atoms with Crippen LogP contribution in [0, 0.1) is 5.92 Å². The van der Waals surface area contributed by atoms with E-state index in [1.807, 2.05) is 66.7 Å². The molecule has 0 fully saturated rings. The van der Waals surface area contributed by atoms with Crippen LogP contribution in [0.5, 0.6) is 0 Å². The number of carbonyl (C=O) groups is 2. The molecular formula is C26H19NO3. The Morgan fingerprint density at radius 3 is 2.33 bits per heavy atom. The maximum atomic E-state index is 13.4. The summed E-state index contributed by atoms with van der Waals surface area (Å²) < 4.78 is 5.60. The fourth-order valence-corrected chi connectivity index (χ4v) is 5.24. The Morgan fingerprint density at radius 2 is 1.57 bits per heavy atom. The van der Waals surface area contributed by atoms with Gasteiger partial charge in [-0.3, -0.25) is 14.6 Å². The highest BCUT2D eigenvalue weighted by Gasteiger charge is 2.49. The number of rotatable bonds is 2. The Hall–Kier alpha value is -3.53. The molecule has 30 heavy (non-hydrogen) atoms. The van der Waals surface area contributed by atoms with Gasteiger partial charge in [0.1, 0.15) is 5.76 Å². The number of hydrogen-bond acceptors (Lipinski definition) is 4. The molecule has 6 rings (SSSR count). The molecule has 0 bridgehead atoms. The third-order valence-electron chi connectivity index (χ3n) is 6.53. The monoisotopic (exact) mass is 393 g/mol. The van der Waals surface area contributed by atoms with Crippen LogP contribution < -0.4 is 0 Å². The first-order valence-electron chi connectivity index (χ1n) is 10.3. The van der Waals surface area contributed by atoms with E-state index in [1.54, 1.807) is 6.26 Å². The minimum atomic E-state index is -0.437. The van der Waals surface area contributed by atoms with Gasteiger partial charge in [0, 0.05) is 47.1 Å². The number of benzene rings is 2. The van der Waals surface area contributed by atoms with E-state index in [4.69, 9.17) is 9.41 Å². The number of fused-ring (bicyclic) bond motifs is 3. The van der Waals surface area contributed by atoms with Crippen molar-refractivity contribution in [2.24, 2.45) is 10.9 Å². The molecular weight excluding hydrogens is 374 g/mol. The summed E-state index contributed by atoms with van der Waals surface area (Å²) in [5, 5.41) is 0. The van der Waals surface area contributed by atoms with Gasteiger partial charge in [-0.15, -0.1) is 0 Å². The molecule has 2 aliphatic carbocycles. The molecule has 0 unspecified atom stereocenters. The van der Waals surface area contributed by atoms with Crippen molar-refractivity contribution in [2.75, 3.05) is 0 Å². The quantitative estimate of drug-likeness (QED) is 0.610. The summed E-state index contributed by atoms with van der Waals surface area (Å²) in [7, 11) is 0. The van der Waals surface area contributed by atoms with Crippen LogP contribution in [0.1, 0.15) is 51.9 Å². The molecule has 2 aromatic carbocycles. The van der Waals surface area contributed by atoms with Crippen molar-refractivity contribution < 1.29 is 14.0 Å². The Kier molecular flexibility index (Phi) is 3.75. The summed E-state index contributed by atoms with van der Waals surface area (Å²) >= 11 is 0. The van der Waals surface area contributed by atoms with Crippen molar-refractivity contribution in [1.82, 2.24) is 0 Å². The van der Waals surface area contributed by atoms with Crippen LogP contribution in [-0.2, 0) is 4.79 Å². The van der Waals surface area contributed by atoms with E-state index in [1.165, 1.54) is 0 Å². The molecule has 0 amide bonds. The zero-order valence-electron chi connectivity index (χ0n) is 16.2. The van der Waals surface area contributed by atoms with Gasteiger partial charge in [0.2, 0.25) is 0 Å². The molecule has 4 nitrogen and oxygen atoms in total. The van der Waals surface area contributed by atoms with Crippen molar-refractivity contribution in [2.45, 2.75) is 24.7 Å².